The largest absolute Gasteiger partial charge is 0.480 e. The number of nitrogens with one attached hydrogen (secondary N) is 1. The van der Waals surface area contributed by atoms with Crippen LogP contribution >= 0.6 is 0 Å². The highest BCUT2D eigenvalue weighted by Gasteiger charge is 2.24. The van der Waals surface area contributed by atoms with Gasteiger partial charge < -0.3 is 15.3 Å². The fourth-order valence-corrected chi connectivity index (χ4v) is 3.14. The average molecular weight is 284 g/mol. The lowest BCUT2D eigenvalue weighted by atomic mass is 9.84. The molecule has 1 saturated carbocycles. The second-order valence-electron chi connectivity index (χ2n) is 6.20. The molecule has 1 atom stereocenters. The first-order chi connectivity index (χ1) is 9.58. The van der Waals surface area contributed by atoms with Crippen LogP contribution in [-0.2, 0) is 4.79 Å². The monoisotopic (exact) mass is 284 g/mol. The first-order valence-electron chi connectivity index (χ1n) is 8.24. The SMILES string of the molecule is CCCNC(CCN(C)C1CCC(CC)CC1)C(=O)O. The van der Waals surface area contributed by atoms with E-state index in [9.17, 15) is 9.90 Å². The van der Waals surface area contributed by atoms with Crippen molar-refractivity contribution in [2.24, 2.45) is 5.92 Å². The van der Waals surface area contributed by atoms with Crippen LogP contribution in [0.2, 0.25) is 0 Å². The normalized spacial score (nSPS) is 24.8. The summed E-state index contributed by atoms with van der Waals surface area (Å²) >= 11 is 0. The molecule has 0 aromatic rings. The van der Waals surface area contributed by atoms with Crippen molar-refractivity contribution in [3.8, 4) is 0 Å². The second-order valence-corrected chi connectivity index (χ2v) is 6.20. The molecule has 0 aromatic carbocycles. The predicted molar refractivity (Wildman–Crippen MR) is 83.0 cm³/mol. The molecule has 1 aliphatic rings. The molecule has 1 fully saturated rings. The molecule has 0 aliphatic heterocycles. The standard InChI is InChI=1S/C16H32N2O2/c1-4-11-17-15(16(19)20)10-12-18(3)14-8-6-13(5-2)7-9-14/h13-15,17H,4-12H2,1-3H3,(H,19,20). The summed E-state index contributed by atoms with van der Waals surface area (Å²) in [6.45, 7) is 5.99. The Morgan fingerprint density at radius 2 is 1.95 bits per heavy atom. The van der Waals surface area contributed by atoms with Crippen molar-refractivity contribution < 1.29 is 9.90 Å². The van der Waals surface area contributed by atoms with Crippen LogP contribution in [0.25, 0.3) is 0 Å². The van der Waals surface area contributed by atoms with E-state index >= 15 is 0 Å². The summed E-state index contributed by atoms with van der Waals surface area (Å²) in [7, 11) is 2.15. The molecular formula is C16H32N2O2. The van der Waals surface area contributed by atoms with Gasteiger partial charge >= 0.3 is 5.97 Å². The van der Waals surface area contributed by atoms with Crippen molar-refractivity contribution in [1.82, 2.24) is 10.2 Å². The minimum atomic E-state index is -0.721. The number of hydrogen-bond acceptors (Lipinski definition) is 3. The highest BCUT2D eigenvalue weighted by Crippen LogP contribution is 2.28. The van der Waals surface area contributed by atoms with E-state index in [4.69, 9.17) is 0 Å². The molecule has 2 N–H and O–H groups in total. The lowest BCUT2D eigenvalue weighted by Crippen LogP contribution is -2.42. The Labute approximate surface area is 123 Å². The lowest BCUT2D eigenvalue weighted by Gasteiger charge is -2.34. The highest BCUT2D eigenvalue weighted by molar-refractivity contribution is 5.73. The number of nitrogens with zero attached hydrogens (tertiary/aromatic N) is 1. The maximum absolute atomic E-state index is 11.2. The summed E-state index contributed by atoms with van der Waals surface area (Å²) in [4.78, 5) is 13.6. The fraction of sp³-hybridized carbons (Fsp3) is 0.938. The number of carbonyl (C=O) groups is 1. The van der Waals surface area contributed by atoms with Crippen molar-refractivity contribution in [1.29, 1.82) is 0 Å². The van der Waals surface area contributed by atoms with Crippen molar-refractivity contribution in [2.45, 2.75) is 70.9 Å². The van der Waals surface area contributed by atoms with E-state index in [0.717, 1.165) is 25.4 Å². The van der Waals surface area contributed by atoms with E-state index in [-0.39, 0.29) is 0 Å². The van der Waals surface area contributed by atoms with E-state index in [2.05, 4.69) is 31.1 Å². The lowest BCUT2D eigenvalue weighted by molar-refractivity contribution is -0.139. The summed E-state index contributed by atoms with van der Waals surface area (Å²) in [6, 6.07) is 0.253. The van der Waals surface area contributed by atoms with Gasteiger partial charge in [-0.05, 0) is 58.0 Å². The van der Waals surface area contributed by atoms with Gasteiger partial charge in [-0.15, -0.1) is 0 Å². The summed E-state index contributed by atoms with van der Waals surface area (Å²) in [5.41, 5.74) is 0. The van der Waals surface area contributed by atoms with Crippen LogP contribution < -0.4 is 5.32 Å². The minimum absolute atomic E-state index is 0.399. The number of rotatable bonds is 9. The third-order valence-corrected chi connectivity index (χ3v) is 4.73. The molecule has 4 heteroatoms. The van der Waals surface area contributed by atoms with E-state index in [1.54, 1.807) is 0 Å². The molecule has 0 amide bonds. The number of carboxylic acid groups (broad SMARTS) is 1. The Hall–Kier alpha value is -0.610. The molecule has 118 valence electrons. The summed E-state index contributed by atoms with van der Waals surface area (Å²) in [5.74, 6) is 0.194. The highest BCUT2D eigenvalue weighted by atomic mass is 16.4. The van der Waals surface area contributed by atoms with Crippen LogP contribution in [0.1, 0.15) is 58.8 Å². The zero-order valence-corrected chi connectivity index (χ0v) is 13.4. The predicted octanol–water partition coefficient (Wildman–Crippen LogP) is 2.73. The summed E-state index contributed by atoms with van der Waals surface area (Å²) in [5, 5.41) is 12.3. The van der Waals surface area contributed by atoms with Crippen LogP contribution in [0.15, 0.2) is 0 Å². The number of hydrogen-bond donors (Lipinski definition) is 2. The molecule has 1 rings (SSSR count). The summed E-state index contributed by atoms with van der Waals surface area (Å²) < 4.78 is 0. The van der Waals surface area contributed by atoms with Crippen molar-refractivity contribution in [2.75, 3.05) is 20.1 Å². The van der Waals surface area contributed by atoms with Crippen LogP contribution in [0.5, 0.6) is 0 Å². The zero-order valence-electron chi connectivity index (χ0n) is 13.4. The van der Waals surface area contributed by atoms with Crippen LogP contribution in [0, 0.1) is 5.92 Å². The topological polar surface area (TPSA) is 52.6 Å². The maximum Gasteiger partial charge on any atom is 0.320 e. The molecule has 0 spiro atoms. The van der Waals surface area contributed by atoms with Gasteiger partial charge in [-0.2, -0.15) is 0 Å². The molecule has 0 bridgehead atoms. The van der Waals surface area contributed by atoms with Crippen molar-refractivity contribution in [3.63, 3.8) is 0 Å². The van der Waals surface area contributed by atoms with Gasteiger partial charge in [-0.3, -0.25) is 4.79 Å². The van der Waals surface area contributed by atoms with Gasteiger partial charge in [0, 0.05) is 12.6 Å². The van der Waals surface area contributed by atoms with E-state index in [1.165, 1.54) is 32.1 Å². The molecule has 4 nitrogen and oxygen atoms in total. The molecular weight excluding hydrogens is 252 g/mol. The Kier molecular flexibility index (Phi) is 8.15. The average Bonchev–Trinajstić information content (AvgIpc) is 2.46. The first-order valence-corrected chi connectivity index (χ1v) is 8.24. The number of aliphatic carboxylic acids is 1. The molecule has 0 aromatic heterocycles. The molecule has 0 radical (unpaired) electrons. The third-order valence-electron chi connectivity index (χ3n) is 4.73. The van der Waals surface area contributed by atoms with Crippen LogP contribution in [0.3, 0.4) is 0 Å². The van der Waals surface area contributed by atoms with Gasteiger partial charge in [0.15, 0.2) is 0 Å². The Bertz CT molecular complexity index is 276. The van der Waals surface area contributed by atoms with Gasteiger partial charge in [0.05, 0.1) is 0 Å². The van der Waals surface area contributed by atoms with E-state index in [1.807, 2.05) is 0 Å². The second kappa shape index (κ2) is 9.35. The van der Waals surface area contributed by atoms with Gasteiger partial charge in [0.2, 0.25) is 0 Å². The third kappa shape index (κ3) is 5.80. The minimum Gasteiger partial charge on any atom is -0.480 e. The molecule has 1 aliphatic carbocycles. The van der Waals surface area contributed by atoms with Crippen LogP contribution in [0.4, 0.5) is 0 Å². The molecule has 0 heterocycles. The Morgan fingerprint density at radius 3 is 2.45 bits per heavy atom. The van der Waals surface area contributed by atoms with Gasteiger partial charge in [0.25, 0.3) is 0 Å². The Balaban J connectivity index is 2.30. The maximum atomic E-state index is 11.2. The summed E-state index contributed by atoms with van der Waals surface area (Å²) in [6.07, 6.45) is 8.19. The van der Waals surface area contributed by atoms with E-state index < -0.39 is 12.0 Å². The molecule has 0 saturated heterocycles. The first kappa shape index (κ1) is 17.4. The van der Waals surface area contributed by atoms with Gasteiger partial charge in [-0.25, -0.2) is 0 Å². The van der Waals surface area contributed by atoms with Crippen LogP contribution in [-0.4, -0.2) is 48.2 Å². The van der Waals surface area contributed by atoms with E-state index in [0.29, 0.717) is 12.5 Å². The zero-order chi connectivity index (χ0) is 15.0. The Morgan fingerprint density at radius 1 is 1.30 bits per heavy atom. The van der Waals surface area contributed by atoms with Gasteiger partial charge in [0.1, 0.15) is 6.04 Å². The van der Waals surface area contributed by atoms with Crippen molar-refractivity contribution >= 4 is 5.97 Å². The smallest absolute Gasteiger partial charge is 0.320 e. The van der Waals surface area contributed by atoms with Gasteiger partial charge in [-0.1, -0.05) is 20.3 Å². The molecule has 20 heavy (non-hydrogen) atoms. The van der Waals surface area contributed by atoms with Crippen molar-refractivity contribution in [3.05, 3.63) is 0 Å². The fourth-order valence-electron chi connectivity index (χ4n) is 3.14. The molecule has 1 unspecified atom stereocenters. The quantitative estimate of drug-likeness (QED) is 0.683. The number of carboxylic acids is 1.